The number of nitrogens with zero attached hydrogens (tertiary/aromatic N) is 4. The fourth-order valence-corrected chi connectivity index (χ4v) is 5.47. The highest BCUT2D eigenvalue weighted by Crippen LogP contribution is 2.41. The van der Waals surface area contributed by atoms with Crippen LogP contribution < -0.4 is 9.64 Å². The standard InChI is InChI=1S/C20H26N4O2S/c1-25-18-5-3-2-4-17(18)15-6-8-23(9-7-15)16-10-20(26-11-16)12-24(13-20)19-21-14-22-27-19/h2-5,14-16H,6-13H2,1H3. The van der Waals surface area contributed by atoms with E-state index in [2.05, 4.69) is 43.4 Å². The highest BCUT2D eigenvalue weighted by molar-refractivity contribution is 7.09. The van der Waals surface area contributed by atoms with Crippen molar-refractivity contribution in [2.45, 2.75) is 36.8 Å². The lowest BCUT2D eigenvalue weighted by Gasteiger charge is -2.47. The molecule has 3 aliphatic heterocycles. The third kappa shape index (κ3) is 3.22. The minimum absolute atomic E-state index is 0.0375. The first-order valence-corrected chi connectivity index (χ1v) is 10.6. The van der Waals surface area contributed by atoms with Gasteiger partial charge in [0.05, 0.1) is 26.8 Å². The Kier molecular flexibility index (Phi) is 4.53. The molecule has 2 aromatic rings. The van der Waals surface area contributed by atoms with Crippen LogP contribution in [0.3, 0.4) is 0 Å². The quantitative estimate of drug-likeness (QED) is 0.805. The van der Waals surface area contributed by atoms with Gasteiger partial charge < -0.3 is 14.4 Å². The molecule has 3 fully saturated rings. The van der Waals surface area contributed by atoms with Crippen molar-refractivity contribution in [3.63, 3.8) is 0 Å². The Hall–Kier alpha value is -1.70. The van der Waals surface area contributed by atoms with Crippen LogP contribution in [0.25, 0.3) is 0 Å². The molecule has 0 amide bonds. The average molecular weight is 387 g/mol. The summed E-state index contributed by atoms with van der Waals surface area (Å²) in [6.45, 7) is 5.07. The number of ether oxygens (including phenoxy) is 2. The van der Waals surface area contributed by atoms with E-state index in [1.165, 1.54) is 29.9 Å². The number of anilines is 1. The highest BCUT2D eigenvalue weighted by Gasteiger charge is 2.51. The lowest BCUT2D eigenvalue weighted by molar-refractivity contribution is -0.0194. The van der Waals surface area contributed by atoms with Crippen LogP contribution in [0.2, 0.25) is 0 Å². The molecule has 5 rings (SSSR count). The van der Waals surface area contributed by atoms with Crippen molar-refractivity contribution < 1.29 is 9.47 Å². The number of hydrogen-bond acceptors (Lipinski definition) is 7. The molecule has 27 heavy (non-hydrogen) atoms. The maximum Gasteiger partial charge on any atom is 0.205 e. The lowest BCUT2D eigenvalue weighted by Crippen LogP contribution is -2.62. The summed E-state index contributed by atoms with van der Waals surface area (Å²) in [6.07, 6.45) is 5.17. The summed E-state index contributed by atoms with van der Waals surface area (Å²) in [6, 6.07) is 9.04. The van der Waals surface area contributed by atoms with Gasteiger partial charge in [-0.3, -0.25) is 4.90 Å². The summed E-state index contributed by atoms with van der Waals surface area (Å²) in [7, 11) is 1.77. The Morgan fingerprint density at radius 2 is 2.04 bits per heavy atom. The smallest absolute Gasteiger partial charge is 0.205 e. The van der Waals surface area contributed by atoms with Gasteiger partial charge in [-0.25, -0.2) is 4.98 Å². The zero-order valence-electron chi connectivity index (χ0n) is 15.7. The Morgan fingerprint density at radius 1 is 1.22 bits per heavy atom. The topological polar surface area (TPSA) is 50.7 Å². The summed E-state index contributed by atoms with van der Waals surface area (Å²) in [4.78, 5) is 9.24. The van der Waals surface area contributed by atoms with E-state index < -0.39 is 0 Å². The van der Waals surface area contributed by atoms with E-state index in [1.54, 1.807) is 13.4 Å². The molecule has 0 aliphatic carbocycles. The molecule has 1 spiro atoms. The molecular weight excluding hydrogens is 360 g/mol. The van der Waals surface area contributed by atoms with E-state index in [0.717, 1.165) is 50.1 Å². The maximum atomic E-state index is 6.27. The second-order valence-electron chi connectivity index (χ2n) is 7.98. The number of likely N-dealkylation sites (tertiary alicyclic amines) is 1. The molecule has 4 heterocycles. The van der Waals surface area contributed by atoms with E-state index in [-0.39, 0.29) is 5.60 Å². The van der Waals surface area contributed by atoms with Gasteiger partial charge in [0.2, 0.25) is 5.13 Å². The largest absolute Gasteiger partial charge is 0.496 e. The molecule has 3 aliphatic rings. The number of benzene rings is 1. The van der Waals surface area contributed by atoms with Gasteiger partial charge in [0.1, 0.15) is 17.7 Å². The van der Waals surface area contributed by atoms with Gasteiger partial charge in [0, 0.05) is 17.6 Å². The minimum Gasteiger partial charge on any atom is -0.496 e. The highest BCUT2D eigenvalue weighted by atomic mass is 32.1. The van der Waals surface area contributed by atoms with Crippen molar-refractivity contribution in [1.29, 1.82) is 0 Å². The van der Waals surface area contributed by atoms with Crippen LogP contribution in [0.4, 0.5) is 5.13 Å². The molecule has 1 aromatic heterocycles. The first kappa shape index (κ1) is 17.4. The van der Waals surface area contributed by atoms with Gasteiger partial charge in [-0.05, 0) is 49.9 Å². The van der Waals surface area contributed by atoms with Crippen LogP contribution >= 0.6 is 11.5 Å². The fourth-order valence-electron chi connectivity index (χ4n) is 4.95. The van der Waals surface area contributed by atoms with Gasteiger partial charge >= 0.3 is 0 Å². The van der Waals surface area contributed by atoms with Gasteiger partial charge in [0.15, 0.2) is 0 Å². The monoisotopic (exact) mass is 386 g/mol. The minimum atomic E-state index is 0.0375. The molecule has 0 N–H and O–H groups in total. The molecule has 0 bridgehead atoms. The fraction of sp³-hybridized carbons (Fsp3) is 0.600. The average Bonchev–Trinajstić information content (AvgIpc) is 3.37. The molecule has 1 atom stereocenters. The normalized spacial score (nSPS) is 25.7. The second kappa shape index (κ2) is 7.04. The molecule has 6 nitrogen and oxygen atoms in total. The second-order valence-corrected chi connectivity index (χ2v) is 8.74. The van der Waals surface area contributed by atoms with Crippen molar-refractivity contribution in [3.05, 3.63) is 36.2 Å². The summed E-state index contributed by atoms with van der Waals surface area (Å²) >= 11 is 1.47. The Morgan fingerprint density at radius 3 is 2.78 bits per heavy atom. The van der Waals surface area contributed by atoms with Crippen LogP contribution in [0.15, 0.2) is 30.6 Å². The molecule has 1 aromatic carbocycles. The van der Waals surface area contributed by atoms with Gasteiger partial charge in [-0.15, -0.1) is 0 Å². The van der Waals surface area contributed by atoms with Crippen LogP contribution in [-0.4, -0.2) is 65.8 Å². The predicted octanol–water partition coefficient (Wildman–Crippen LogP) is 2.77. The van der Waals surface area contributed by atoms with Crippen molar-refractivity contribution in [3.8, 4) is 5.75 Å². The summed E-state index contributed by atoms with van der Waals surface area (Å²) in [5.74, 6) is 1.63. The van der Waals surface area contributed by atoms with E-state index in [0.29, 0.717) is 12.0 Å². The molecule has 3 saturated heterocycles. The SMILES string of the molecule is COc1ccccc1C1CCN(C2COC3(C2)CN(c2ncns2)C3)CC1. The molecule has 144 valence electrons. The van der Waals surface area contributed by atoms with E-state index >= 15 is 0 Å². The number of hydrogen-bond donors (Lipinski definition) is 0. The van der Waals surface area contributed by atoms with Crippen LogP contribution in [0.1, 0.15) is 30.7 Å². The maximum absolute atomic E-state index is 6.27. The Balaban J connectivity index is 1.16. The van der Waals surface area contributed by atoms with E-state index in [9.17, 15) is 0 Å². The molecular formula is C20H26N4O2S. The Labute approximate surface area is 164 Å². The number of methoxy groups -OCH3 is 1. The molecule has 0 saturated carbocycles. The predicted molar refractivity (Wildman–Crippen MR) is 106 cm³/mol. The third-order valence-electron chi connectivity index (χ3n) is 6.39. The summed E-state index contributed by atoms with van der Waals surface area (Å²) < 4.78 is 15.9. The molecule has 7 heteroatoms. The zero-order valence-corrected chi connectivity index (χ0v) is 16.5. The van der Waals surface area contributed by atoms with Crippen LogP contribution in [0, 0.1) is 0 Å². The molecule has 0 radical (unpaired) electrons. The van der Waals surface area contributed by atoms with Gasteiger partial charge in [0.25, 0.3) is 0 Å². The summed E-state index contributed by atoms with van der Waals surface area (Å²) in [5.41, 5.74) is 1.40. The number of rotatable bonds is 4. The van der Waals surface area contributed by atoms with Crippen molar-refractivity contribution in [2.75, 3.05) is 44.8 Å². The van der Waals surface area contributed by atoms with Crippen molar-refractivity contribution in [2.24, 2.45) is 0 Å². The molecule has 1 unspecified atom stereocenters. The lowest BCUT2D eigenvalue weighted by atomic mass is 9.86. The third-order valence-corrected chi connectivity index (χ3v) is 7.12. The number of piperidine rings is 1. The van der Waals surface area contributed by atoms with Crippen LogP contribution in [-0.2, 0) is 4.74 Å². The van der Waals surface area contributed by atoms with E-state index in [1.807, 2.05) is 0 Å². The zero-order chi connectivity index (χ0) is 18.3. The first-order valence-electron chi connectivity index (χ1n) is 9.79. The first-order chi connectivity index (χ1) is 13.3. The van der Waals surface area contributed by atoms with E-state index in [4.69, 9.17) is 9.47 Å². The number of para-hydroxylation sites is 1. The van der Waals surface area contributed by atoms with Crippen molar-refractivity contribution in [1.82, 2.24) is 14.3 Å². The van der Waals surface area contributed by atoms with Gasteiger partial charge in [-0.2, -0.15) is 4.37 Å². The van der Waals surface area contributed by atoms with Crippen LogP contribution in [0.5, 0.6) is 5.75 Å². The van der Waals surface area contributed by atoms with Gasteiger partial charge in [-0.1, -0.05) is 18.2 Å². The number of aromatic nitrogens is 2. The van der Waals surface area contributed by atoms with Crippen molar-refractivity contribution >= 4 is 16.7 Å². The summed E-state index contributed by atoms with van der Waals surface area (Å²) in [5, 5.41) is 1.02. The Bertz CT molecular complexity index is 770.